The fourth-order valence-corrected chi connectivity index (χ4v) is 2.78. The van der Waals surface area contributed by atoms with Gasteiger partial charge in [-0.15, -0.1) is 0 Å². The molecule has 1 aromatic rings. The number of nitrogens with one attached hydrogen (secondary N) is 1. The van der Waals surface area contributed by atoms with Crippen LogP contribution in [0.2, 0.25) is 0 Å². The summed E-state index contributed by atoms with van der Waals surface area (Å²) in [5, 5.41) is 8.54. The van der Waals surface area contributed by atoms with Gasteiger partial charge in [0.2, 0.25) is 0 Å². The van der Waals surface area contributed by atoms with Gasteiger partial charge in [-0.2, -0.15) is 0 Å². The van der Waals surface area contributed by atoms with Gasteiger partial charge >= 0.3 is 0 Å². The smallest absolute Gasteiger partial charge is 0.267 e. The van der Waals surface area contributed by atoms with E-state index in [4.69, 9.17) is 5.21 Å². The molecule has 6 nitrogen and oxygen atoms in total. The van der Waals surface area contributed by atoms with Crippen LogP contribution < -0.4 is 5.48 Å². The normalized spacial score (nSPS) is 16.5. The summed E-state index contributed by atoms with van der Waals surface area (Å²) >= 11 is 0. The molecule has 0 atom stereocenters. The molecule has 0 radical (unpaired) electrons. The van der Waals surface area contributed by atoms with Crippen molar-refractivity contribution >= 4 is 17.9 Å². The number of piperidine rings is 1. The van der Waals surface area contributed by atoms with Crippen molar-refractivity contribution in [2.24, 2.45) is 0 Å². The number of likely N-dealkylation sites (tertiary alicyclic amines) is 1. The lowest BCUT2D eigenvalue weighted by atomic mass is 10.0. The van der Waals surface area contributed by atoms with E-state index in [9.17, 15) is 9.59 Å². The maximum absolute atomic E-state index is 12.8. The molecular weight excluding hydrogens is 294 g/mol. The number of hydroxylamine groups is 1. The number of benzene rings is 1. The molecule has 2 amide bonds. The summed E-state index contributed by atoms with van der Waals surface area (Å²) in [6.07, 6.45) is 4.65. The van der Waals surface area contributed by atoms with Gasteiger partial charge in [0.25, 0.3) is 11.8 Å². The van der Waals surface area contributed by atoms with Crippen LogP contribution >= 0.6 is 0 Å². The van der Waals surface area contributed by atoms with E-state index in [-0.39, 0.29) is 11.9 Å². The van der Waals surface area contributed by atoms with Crippen LogP contribution in [0, 0.1) is 0 Å². The first-order chi connectivity index (χ1) is 11.0. The Morgan fingerprint density at radius 2 is 1.96 bits per heavy atom. The molecule has 0 saturated carbocycles. The Morgan fingerprint density at radius 3 is 2.61 bits per heavy atom. The molecule has 2 N–H and O–H groups in total. The Balaban J connectivity index is 2.15. The van der Waals surface area contributed by atoms with Crippen molar-refractivity contribution in [2.75, 3.05) is 27.2 Å². The predicted molar refractivity (Wildman–Crippen MR) is 88.0 cm³/mol. The van der Waals surface area contributed by atoms with Crippen molar-refractivity contribution in [3.63, 3.8) is 0 Å². The van der Waals surface area contributed by atoms with Crippen molar-refractivity contribution in [1.82, 2.24) is 15.3 Å². The third kappa shape index (κ3) is 4.40. The minimum atomic E-state index is -0.629. The first-order valence-electron chi connectivity index (χ1n) is 7.70. The van der Waals surface area contributed by atoms with Crippen molar-refractivity contribution in [3.05, 3.63) is 41.5 Å². The molecule has 1 fully saturated rings. The van der Waals surface area contributed by atoms with E-state index in [1.54, 1.807) is 23.1 Å². The van der Waals surface area contributed by atoms with E-state index in [1.807, 2.05) is 13.1 Å². The molecule has 6 heteroatoms. The van der Waals surface area contributed by atoms with Gasteiger partial charge in [0.05, 0.1) is 0 Å². The fraction of sp³-hybridized carbons (Fsp3) is 0.412. The lowest BCUT2D eigenvalue weighted by molar-refractivity contribution is -0.124. The Morgan fingerprint density at radius 1 is 1.30 bits per heavy atom. The minimum absolute atomic E-state index is 0.0517. The lowest BCUT2D eigenvalue weighted by Gasteiger charge is -2.35. The predicted octanol–water partition coefficient (Wildman–Crippen LogP) is 1.37. The van der Waals surface area contributed by atoms with Crippen LogP contribution in [0.1, 0.15) is 28.8 Å². The number of nitrogens with zero attached hydrogens (tertiary/aromatic N) is 2. The molecular formula is C17H23N3O3. The monoisotopic (exact) mass is 317 g/mol. The summed E-state index contributed by atoms with van der Waals surface area (Å²) in [5.74, 6) is -0.680. The number of hydrogen-bond donors (Lipinski definition) is 2. The Labute approximate surface area is 136 Å². The van der Waals surface area contributed by atoms with Gasteiger partial charge in [0, 0.05) is 24.7 Å². The van der Waals surface area contributed by atoms with Gasteiger partial charge < -0.3 is 9.80 Å². The zero-order valence-corrected chi connectivity index (χ0v) is 13.5. The maximum atomic E-state index is 12.8. The summed E-state index contributed by atoms with van der Waals surface area (Å²) in [7, 11) is 3.92. The quantitative estimate of drug-likeness (QED) is 0.500. The zero-order valence-electron chi connectivity index (χ0n) is 13.5. The number of carbonyl (C=O) groups excluding carboxylic acids is 2. The highest BCUT2D eigenvalue weighted by Gasteiger charge is 2.25. The number of carbonyl (C=O) groups is 2. The average molecular weight is 317 g/mol. The molecule has 2 rings (SSSR count). The third-order valence-electron chi connectivity index (χ3n) is 4.27. The number of hydrogen-bond acceptors (Lipinski definition) is 4. The topological polar surface area (TPSA) is 72.9 Å². The van der Waals surface area contributed by atoms with Crippen molar-refractivity contribution in [3.8, 4) is 0 Å². The minimum Gasteiger partial charge on any atom is -0.339 e. The second-order valence-electron chi connectivity index (χ2n) is 5.85. The molecule has 0 aromatic heterocycles. The van der Waals surface area contributed by atoms with Gasteiger partial charge in [-0.25, -0.2) is 5.48 Å². The van der Waals surface area contributed by atoms with Crippen LogP contribution in [0.25, 0.3) is 6.08 Å². The van der Waals surface area contributed by atoms with Gasteiger partial charge in [-0.3, -0.25) is 14.8 Å². The van der Waals surface area contributed by atoms with Gasteiger partial charge in [-0.1, -0.05) is 18.2 Å². The molecule has 124 valence electrons. The molecule has 0 unspecified atom stereocenters. The highest BCUT2D eigenvalue weighted by molar-refractivity contribution is 5.99. The Bertz CT molecular complexity index is 593. The standard InChI is InChI=1S/C17H23N3O3/c1-19-11-9-14(10-12-19)20(2)17(22)15-6-4-3-5-13(15)7-8-16(21)18-23/h3-8,14,23H,9-12H2,1-2H3,(H,18,21)/b8-7+. The highest BCUT2D eigenvalue weighted by atomic mass is 16.5. The van der Waals surface area contributed by atoms with E-state index in [0.717, 1.165) is 25.9 Å². The molecule has 0 spiro atoms. The Hall–Kier alpha value is -2.18. The summed E-state index contributed by atoms with van der Waals surface area (Å²) in [6.45, 7) is 1.97. The molecule has 1 saturated heterocycles. The molecule has 23 heavy (non-hydrogen) atoms. The Kier molecular flexibility index (Phi) is 5.90. The molecule has 1 aliphatic heterocycles. The van der Waals surface area contributed by atoms with Gasteiger partial charge in [0.15, 0.2) is 0 Å². The average Bonchev–Trinajstić information content (AvgIpc) is 2.59. The largest absolute Gasteiger partial charge is 0.339 e. The third-order valence-corrected chi connectivity index (χ3v) is 4.27. The van der Waals surface area contributed by atoms with Crippen molar-refractivity contribution in [2.45, 2.75) is 18.9 Å². The van der Waals surface area contributed by atoms with E-state index < -0.39 is 5.91 Å². The molecule has 0 aliphatic carbocycles. The van der Waals surface area contributed by atoms with Crippen molar-refractivity contribution < 1.29 is 14.8 Å². The summed E-state index contributed by atoms with van der Waals surface area (Å²) < 4.78 is 0. The highest BCUT2D eigenvalue weighted by Crippen LogP contribution is 2.19. The number of amides is 2. The van der Waals surface area contributed by atoms with Crippen LogP contribution in [0.5, 0.6) is 0 Å². The molecule has 1 aliphatic rings. The SMILES string of the molecule is CN1CCC(N(C)C(=O)c2ccccc2/C=C/C(=O)NO)CC1. The van der Waals surface area contributed by atoms with Crippen LogP contribution in [0.15, 0.2) is 30.3 Å². The van der Waals surface area contributed by atoms with Gasteiger partial charge in [0.1, 0.15) is 0 Å². The fourth-order valence-electron chi connectivity index (χ4n) is 2.78. The maximum Gasteiger partial charge on any atom is 0.267 e. The van der Waals surface area contributed by atoms with Crippen molar-refractivity contribution in [1.29, 1.82) is 0 Å². The second-order valence-corrected chi connectivity index (χ2v) is 5.85. The van der Waals surface area contributed by atoms with Crippen LogP contribution in [-0.2, 0) is 4.79 Å². The first kappa shape index (κ1) is 17.2. The zero-order chi connectivity index (χ0) is 16.8. The van der Waals surface area contributed by atoms with E-state index in [2.05, 4.69) is 11.9 Å². The summed E-state index contributed by atoms with van der Waals surface area (Å²) in [6, 6.07) is 7.37. The van der Waals surface area contributed by atoms with Crippen LogP contribution in [-0.4, -0.2) is 60.0 Å². The van der Waals surface area contributed by atoms with Gasteiger partial charge in [-0.05, 0) is 50.7 Å². The van der Waals surface area contributed by atoms with E-state index in [1.165, 1.54) is 17.6 Å². The van der Waals surface area contributed by atoms with Crippen LogP contribution in [0.4, 0.5) is 0 Å². The van der Waals surface area contributed by atoms with E-state index >= 15 is 0 Å². The second kappa shape index (κ2) is 7.89. The molecule has 1 aromatic carbocycles. The summed E-state index contributed by atoms with van der Waals surface area (Å²) in [5.41, 5.74) is 2.74. The lowest BCUT2D eigenvalue weighted by Crippen LogP contribution is -2.44. The van der Waals surface area contributed by atoms with E-state index in [0.29, 0.717) is 11.1 Å². The first-order valence-corrected chi connectivity index (χ1v) is 7.70. The molecule has 0 bridgehead atoms. The summed E-state index contributed by atoms with van der Waals surface area (Å²) in [4.78, 5) is 28.0. The number of rotatable bonds is 4. The van der Waals surface area contributed by atoms with Crippen LogP contribution in [0.3, 0.4) is 0 Å². The molecule has 1 heterocycles.